The third kappa shape index (κ3) is 1.97. The van der Waals surface area contributed by atoms with Crippen molar-refractivity contribution in [3.8, 4) is 0 Å². The minimum Gasteiger partial charge on any atom is -0.370 e. The van der Waals surface area contributed by atoms with Crippen LogP contribution in [0.15, 0.2) is 10.4 Å². The van der Waals surface area contributed by atoms with E-state index in [1.165, 1.54) is 0 Å². The molecule has 82 valence electrons. The molecular formula is C10H16N4S. The lowest BCUT2D eigenvalue weighted by atomic mass is 10.2. The third-order valence-electron chi connectivity index (χ3n) is 2.54. The fourth-order valence-corrected chi connectivity index (χ4v) is 2.49. The van der Waals surface area contributed by atoms with Gasteiger partial charge in [-0.25, -0.2) is 4.98 Å². The van der Waals surface area contributed by atoms with E-state index in [0.717, 1.165) is 30.2 Å². The third-order valence-corrected chi connectivity index (χ3v) is 3.33. The summed E-state index contributed by atoms with van der Waals surface area (Å²) in [7, 11) is 0. The molecule has 4 nitrogen and oxygen atoms in total. The number of aliphatic imine (C=N–C) groups is 1. The van der Waals surface area contributed by atoms with Gasteiger partial charge in [0.05, 0.1) is 23.3 Å². The molecule has 1 aliphatic rings. The summed E-state index contributed by atoms with van der Waals surface area (Å²) in [5, 5.41) is 3.21. The van der Waals surface area contributed by atoms with Crippen LogP contribution in [0.4, 0.5) is 0 Å². The van der Waals surface area contributed by atoms with Gasteiger partial charge in [-0.1, -0.05) is 6.92 Å². The molecule has 0 bridgehead atoms. The maximum atomic E-state index is 5.85. The summed E-state index contributed by atoms with van der Waals surface area (Å²) in [6, 6.07) is 0.259. The van der Waals surface area contributed by atoms with Crippen molar-refractivity contribution in [1.29, 1.82) is 0 Å². The summed E-state index contributed by atoms with van der Waals surface area (Å²) in [6.45, 7) is 5.87. The molecule has 1 aromatic heterocycles. The van der Waals surface area contributed by atoms with Crippen molar-refractivity contribution >= 4 is 17.3 Å². The highest BCUT2D eigenvalue weighted by atomic mass is 32.1. The summed E-state index contributed by atoms with van der Waals surface area (Å²) in [5.41, 5.74) is 6.96. The van der Waals surface area contributed by atoms with Crippen molar-refractivity contribution in [3.05, 3.63) is 16.1 Å². The Hall–Kier alpha value is -1.10. The van der Waals surface area contributed by atoms with Crippen molar-refractivity contribution in [3.63, 3.8) is 0 Å². The molecular weight excluding hydrogens is 208 g/mol. The van der Waals surface area contributed by atoms with Gasteiger partial charge in [0.2, 0.25) is 0 Å². The molecule has 0 aromatic carbocycles. The molecule has 0 fully saturated rings. The predicted octanol–water partition coefficient (Wildman–Crippen LogP) is 1.53. The van der Waals surface area contributed by atoms with Gasteiger partial charge in [-0.05, 0) is 13.3 Å². The number of hydrogen-bond acceptors (Lipinski definition) is 5. The molecule has 1 aliphatic heterocycles. The number of aryl methyl sites for hydroxylation is 1. The average Bonchev–Trinajstić information content (AvgIpc) is 2.76. The van der Waals surface area contributed by atoms with Gasteiger partial charge in [0, 0.05) is 11.9 Å². The first kappa shape index (κ1) is 10.4. The van der Waals surface area contributed by atoms with Gasteiger partial charge in [-0.3, -0.25) is 4.99 Å². The van der Waals surface area contributed by atoms with Crippen molar-refractivity contribution in [2.24, 2.45) is 10.7 Å². The zero-order chi connectivity index (χ0) is 10.8. The number of aromatic nitrogens is 1. The molecule has 1 atom stereocenters. The lowest BCUT2D eigenvalue weighted by Gasteiger charge is -2.24. The fourth-order valence-electron chi connectivity index (χ4n) is 1.83. The van der Waals surface area contributed by atoms with Crippen LogP contribution in [0.1, 0.15) is 30.1 Å². The SMILES string of the molecule is CCCN1C(N)=NCC1c1csc(C)n1. The highest BCUT2D eigenvalue weighted by Crippen LogP contribution is 2.26. The van der Waals surface area contributed by atoms with Crippen LogP contribution in [-0.2, 0) is 0 Å². The number of rotatable bonds is 3. The number of thiazole rings is 1. The quantitative estimate of drug-likeness (QED) is 0.847. The molecule has 0 amide bonds. The Morgan fingerprint density at radius 3 is 3.07 bits per heavy atom. The summed E-state index contributed by atoms with van der Waals surface area (Å²) in [5.74, 6) is 0.660. The number of nitrogens with zero attached hydrogens (tertiary/aromatic N) is 3. The first-order valence-electron chi connectivity index (χ1n) is 5.21. The number of guanidine groups is 1. The summed E-state index contributed by atoms with van der Waals surface area (Å²) < 4.78 is 0. The second kappa shape index (κ2) is 4.18. The second-order valence-corrected chi connectivity index (χ2v) is 4.76. The Morgan fingerprint density at radius 2 is 2.47 bits per heavy atom. The molecule has 0 aliphatic carbocycles. The van der Waals surface area contributed by atoms with Crippen molar-refractivity contribution < 1.29 is 0 Å². The Morgan fingerprint density at radius 1 is 1.67 bits per heavy atom. The van der Waals surface area contributed by atoms with E-state index in [2.05, 4.69) is 27.2 Å². The zero-order valence-electron chi connectivity index (χ0n) is 9.10. The van der Waals surface area contributed by atoms with Crippen molar-refractivity contribution in [1.82, 2.24) is 9.88 Å². The van der Waals surface area contributed by atoms with Gasteiger partial charge < -0.3 is 10.6 Å². The molecule has 5 heteroatoms. The highest BCUT2D eigenvalue weighted by molar-refractivity contribution is 7.09. The van der Waals surface area contributed by atoms with E-state index >= 15 is 0 Å². The second-order valence-electron chi connectivity index (χ2n) is 3.70. The number of hydrogen-bond donors (Lipinski definition) is 1. The van der Waals surface area contributed by atoms with E-state index < -0.39 is 0 Å². The average molecular weight is 224 g/mol. The molecule has 0 spiro atoms. The van der Waals surface area contributed by atoms with E-state index in [1.54, 1.807) is 11.3 Å². The van der Waals surface area contributed by atoms with Gasteiger partial charge in [-0.2, -0.15) is 0 Å². The van der Waals surface area contributed by atoms with Gasteiger partial charge in [0.1, 0.15) is 0 Å². The van der Waals surface area contributed by atoms with E-state index in [9.17, 15) is 0 Å². The summed E-state index contributed by atoms with van der Waals surface area (Å²) >= 11 is 1.68. The van der Waals surface area contributed by atoms with E-state index in [4.69, 9.17) is 5.73 Å². The lowest BCUT2D eigenvalue weighted by molar-refractivity contribution is 0.342. The Labute approximate surface area is 93.8 Å². The summed E-state index contributed by atoms with van der Waals surface area (Å²) in [4.78, 5) is 10.9. The Balaban J connectivity index is 2.17. The zero-order valence-corrected chi connectivity index (χ0v) is 9.92. The standard InChI is InChI=1S/C10H16N4S/c1-3-4-14-9(5-12-10(14)11)8-6-15-7(2)13-8/h6,9H,3-5H2,1-2H3,(H2,11,12). The van der Waals surface area contributed by atoms with Gasteiger partial charge in [0.15, 0.2) is 5.96 Å². The predicted molar refractivity (Wildman–Crippen MR) is 63.1 cm³/mol. The van der Waals surface area contributed by atoms with Crippen LogP contribution in [0, 0.1) is 6.92 Å². The van der Waals surface area contributed by atoms with Crippen LogP contribution in [0.3, 0.4) is 0 Å². The van der Waals surface area contributed by atoms with Crippen LogP contribution in [0.25, 0.3) is 0 Å². The van der Waals surface area contributed by atoms with E-state index in [1.807, 2.05) is 6.92 Å². The largest absolute Gasteiger partial charge is 0.370 e. The monoisotopic (exact) mass is 224 g/mol. The molecule has 0 saturated carbocycles. The molecule has 1 unspecified atom stereocenters. The normalized spacial score (nSPS) is 20.8. The molecule has 1 aromatic rings. The maximum absolute atomic E-state index is 5.85. The molecule has 2 rings (SSSR count). The van der Waals surface area contributed by atoms with Crippen LogP contribution in [0.2, 0.25) is 0 Å². The molecule has 0 saturated heterocycles. The van der Waals surface area contributed by atoms with E-state index in [-0.39, 0.29) is 6.04 Å². The van der Waals surface area contributed by atoms with Crippen LogP contribution >= 0.6 is 11.3 Å². The smallest absolute Gasteiger partial charge is 0.191 e. The Bertz CT molecular complexity index is 371. The first-order chi connectivity index (χ1) is 7.22. The van der Waals surface area contributed by atoms with Gasteiger partial charge in [0.25, 0.3) is 0 Å². The molecule has 15 heavy (non-hydrogen) atoms. The minimum absolute atomic E-state index is 0.259. The maximum Gasteiger partial charge on any atom is 0.191 e. The minimum atomic E-state index is 0.259. The van der Waals surface area contributed by atoms with Crippen LogP contribution in [0.5, 0.6) is 0 Å². The first-order valence-corrected chi connectivity index (χ1v) is 6.09. The van der Waals surface area contributed by atoms with Crippen LogP contribution in [-0.4, -0.2) is 28.9 Å². The van der Waals surface area contributed by atoms with Crippen molar-refractivity contribution in [2.45, 2.75) is 26.3 Å². The molecule has 2 heterocycles. The fraction of sp³-hybridized carbons (Fsp3) is 0.600. The summed E-state index contributed by atoms with van der Waals surface area (Å²) in [6.07, 6.45) is 1.08. The topological polar surface area (TPSA) is 54.5 Å². The Kier molecular flexibility index (Phi) is 2.90. The lowest BCUT2D eigenvalue weighted by Crippen LogP contribution is -2.36. The van der Waals surface area contributed by atoms with Crippen molar-refractivity contribution in [2.75, 3.05) is 13.1 Å². The van der Waals surface area contributed by atoms with Crippen LogP contribution < -0.4 is 5.73 Å². The molecule has 0 radical (unpaired) electrons. The van der Waals surface area contributed by atoms with E-state index in [0.29, 0.717) is 5.96 Å². The number of nitrogens with two attached hydrogens (primary N) is 1. The molecule has 2 N–H and O–H groups in total. The van der Waals surface area contributed by atoms with Gasteiger partial charge in [-0.15, -0.1) is 11.3 Å². The highest BCUT2D eigenvalue weighted by Gasteiger charge is 2.28. The van der Waals surface area contributed by atoms with Gasteiger partial charge >= 0.3 is 0 Å².